The molecule has 2 aromatic rings. The van der Waals surface area contributed by atoms with E-state index in [9.17, 15) is 4.79 Å². The van der Waals surface area contributed by atoms with Crippen molar-refractivity contribution >= 4 is 17.5 Å². The van der Waals surface area contributed by atoms with Crippen molar-refractivity contribution < 1.29 is 4.79 Å². The smallest absolute Gasteiger partial charge is 0.228 e. The van der Waals surface area contributed by atoms with E-state index in [1.54, 1.807) is 12.4 Å². The number of fused-ring (bicyclic) bond motifs is 1. The van der Waals surface area contributed by atoms with Gasteiger partial charge in [-0.15, -0.1) is 0 Å². The summed E-state index contributed by atoms with van der Waals surface area (Å²) in [6.07, 6.45) is 3.78. The minimum Gasteiger partial charge on any atom is -0.368 e. The highest BCUT2D eigenvalue weighted by Gasteiger charge is 2.17. The normalized spacial score (nSPS) is 13.3. The minimum atomic E-state index is 0.0331. The van der Waals surface area contributed by atoms with Crippen molar-refractivity contribution in [2.45, 2.75) is 6.42 Å². The Morgan fingerprint density at radius 1 is 1.18 bits per heavy atom. The van der Waals surface area contributed by atoms with Gasteiger partial charge in [0, 0.05) is 23.6 Å². The van der Waals surface area contributed by atoms with E-state index >= 15 is 0 Å². The van der Waals surface area contributed by atoms with Crippen molar-refractivity contribution in [3.8, 4) is 11.1 Å². The average molecular weight is 226 g/mol. The average Bonchev–Trinajstić information content (AvgIpc) is 2.69. The van der Waals surface area contributed by atoms with Gasteiger partial charge in [0.2, 0.25) is 11.9 Å². The van der Waals surface area contributed by atoms with Crippen LogP contribution in [0.5, 0.6) is 0 Å². The van der Waals surface area contributed by atoms with Crippen LogP contribution in [0.4, 0.5) is 11.6 Å². The molecule has 1 aromatic carbocycles. The zero-order chi connectivity index (χ0) is 11.8. The summed E-state index contributed by atoms with van der Waals surface area (Å²) < 4.78 is 0. The van der Waals surface area contributed by atoms with Gasteiger partial charge in [-0.25, -0.2) is 9.97 Å². The van der Waals surface area contributed by atoms with Crippen molar-refractivity contribution in [2.24, 2.45) is 0 Å². The number of aromatic nitrogens is 2. The van der Waals surface area contributed by atoms with E-state index in [2.05, 4.69) is 15.3 Å². The fourth-order valence-corrected chi connectivity index (χ4v) is 1.90. The topological polar surface area (TPSA) is 80.9 Å². The summed E-state index contributed by atoms with van der Waals surface area (Å²) in [5.41, 5.74) is 9.20. The maximum Gasteiger partial charge on any atom is 0.228 e. The first-order chi connectivity index (χ1) is 8.22. The molecule has 3 rings (SSSR count). The summed E-state index contributed by atoms with van der Waals surface area (Å²) in [5, 5.41) is 2.79. The summed E-state index contributed by atoms with van der Waals surface area (Å²) in [4.78, 5) is 19.1. The number of nitrogen functional groups attached to an aromatic ring is 1. The molecule has 5 heteroatoms. The van der Waals surface area contributed by atoms with E-state index in [0.717, 1.165) is 22.4 Å². The molecule has 1 aromatic heterocycles. The number of nitrogens with one attached hydrogen (secondary N) is 1. The van der Waals surface area contributed by atoms with E-state index < -0.39 is 0 Å². The standard InChI is InChI=1S/C12H10N4O/c13-12-14-5-9(6-15-12)7-1-2-10-8(3-7)4-11(17)16-10/h1-3,5-6H,4H2,(H,16,17)(H2,13,14,15). The minimum absolute atomic E-state index is 0.0331. The molecule has 0 atom stereocenters. The quantitative estimate of drug-likeness (QED) is 0.766. The summed E-state index contributed by atoms with van der Waals surface area (Å²) in [6, 6.07) is 5.80. The Morgan fingerprint density at radius 2 is 1.94 bits per heavy atom. The molecule has 3 N–H and O–H groups in total. The van der Waals surface area contributed by atoms with Crippen LogP contribution in [0.1, 0.15) is 5.56 Å². The summed E-state index contributed by atoms with van der Waals surface area (Å²) >= 11 is 0. The second-order valence-electron chi connectivity index (χ2n) is 3.93. The zero-order valence-corrected chi connectivity index (χ0v) is 8.97. The monoisotopic (exact) mass is 226 g/mol. The third-order valence-corrected chi connectivity index (χ3v) is 2.74. The van der Waals surface area contributed by atoms with Crippen LogP contribution in [0.3, 0.4) is 0 Å². The summed E-state index contributed by atoms with van der Waals surface area (Å²) in [6.45, 7) is 0. The van der Waals surface area contributed by atoms with Gasteiger partial charge < -0.3 is 11.1 Å². The van der Waals surface area contributed by atoms with Gasteiger partial charge in [-0.05, 0) is 23.3 Å². The molecule has 84 valence electrons. The molecule has 2 heterocycles. The van der Waals surface area contributed by atoms with Gasteiger partial charge >= 0.3 is 0 Å². The van der Waals surface area contributed by atoms with Crippen molar-refractivity contribution in [2.75, 3.05) is 11.1 Å². The van der Waals surface area contributed by atoms with Crippen LogP contribution in [0, 0.1) is 0 Å². The third-order valence-electron chi connectivity index (χ3n) is 2.74. The number of benzene rings is 1. The second kappa shape index (κ2) is 3.55. The lowest BCUT2D eigenvalue weighted by Gasteiger charge is -2.03. The first-order valence-corrected chi connectivity index (χ1v) is 5.23. The van der Waals surface area contributed by atoms with Gasteiger partial charge in [0.05, 0.1) is 6.42 Å². The van der Waals surface area contributed by atoms with Gasteiger partial charge in [-0.2, -0.15) is 0 Å². The van der Waals surface area contributed by atoms with E-state index in [1.807, 2.05) is 18.2 Å². The fraction of sp³-hybridized carbons (Fsp3) is 0.0833. The Hall–Kier alpha value is -2.43. The number of amides is 1. The molecule has 5 nitrogen and oxygen atoms in total. The van der Waals surface area contributed by atoms with Gasteiger partial charge in [-0.3, -0.25) is 4.79 Å². The number of nitrogens with two attached hydrogens (primary N) is 1. The number of hydrogen-bond acceptors (Lipinski definition) is 4. The molecule has 1 amide bonds. The highest BCUT2D eigenvalue weighted by molar-refractivity contribution is 5.99. The number of nitrogens with zero attached hydrogens (tertiary/aromatic N) is 2. The predicted octanol–water partition coefficient (Wildman–Crippen LogP) is 1.22. The van der Waals surface area contributed by atoms with E-state index in [-0.39, 0.29) is 11.9 Å². The van der Waals surface area contributed by atoms with E-state index in [4.69, 9.17) is 5.73 Å². The van der Waals surface area contributed by atoms with Gasteiger partial charge in [0.15, 0.2) is 0 Å². The van der Waals surface area contributed by atoms with Crippen LogP contribution in [0.15, 0.2) is 30.6 Å². The molecule has 0 unspecified atom stereocenters. The van der Waals surface area contributed by atoms with Gasteiger partial charge in [0.1, 0.15) is 0 Å². The van der Waals surface area contributed by atoms with Crippen molar-refractivity contribution in [3.05, 3.63) is 36.2 Å². The maximum atomic E-state index is 11.2. The van der Waals surface area contributed by atoms with Crippen LogP contribution < -0.4 is 11.1 Å². The molecule has 0 aliphatic carbocycles. The van der Waals surface area contributed by atoms with Crippen molar-refractivity contribution in [3.63, 3.8) is 0 Å². The Morgan fingerprint density at radius 3 is 2.71 bits per heavy atom. The first-order valence-electron chi connectivity index (χ1n) is 5.23. The maximum absolute atomic E-state index is 11.2. The lowest BCUT2D eigenvalue weighted by Crippen LogP contribution is -2.03. The first kappa shape index (κ1) is 9.77. The van der Waals surface area contributed by atoms with Crippen LogP contribution >= 0.6 is 0 Å². The molecule has 0 fully saturated rings. The van der Waals surface area contributed by atoms with Gasteiger partial charge in [-0.1, -0.05) is 6.07 Å². The Balaban J connectivity index is 2.03. The zero-order valence-electron chi connectivity index (χ0n) is 8.97. The molecule has 0 spiro atoms. The summed E-state index contributed by atoms with van der Waals surface area (Å²) in [7, 11) is 0. The molecule has 17 heavy (non-hydrogen) atoms. The van der Waals surface area contributed by atoms with Crippen LogP contribution in [-0.4, -0.2) is 15.9 Å². The van der Waals surface area contributed by atoms with Crippen LogP contribution in [0.25, 0.3) is 11.1 Å². The SMILES string of the molecule is Nc1ncc(-c2ccc3c(c2)CC(=O)N3)cn1. The molecule has 1 aliphatic heterocycles. The number of carbonyl (C=O) groups is 1. The molecular weight excluding hydrogens is 216 g/mol. The molecule has 0 saturated carbocycles. The molecule has 0 saturated heterocycles. The highest BCUT2D eigenvalue weighted by Crippen LogP contribution is 2.28. The Bertz CT molecular complexity index is 592. The summed E-state index contributed by atoms with van der Waals surface area (Å²) in [5.74, 6) is 0.289. The predicted molar refractivity (Wildman–Crippen MR) is 64.2 cm³/mol. The second-order valence-corrected chi connectivity index (χ2v) is 3.93. The van der Waals surface area contributed by atoms with Crippen molar-refractivity contribution in [1.82, 2.24) is 9.97 Å². The number of carbonyl (C=O) groups excluding carboxylic acids is 1. The number of rotatable bonds is 1. The third kappa shape index (κ3) is 1.71. The van der Waals surface area contributed by atoms with Crippen molar-refractivity contribution in [1.29, 1.82) is 0 Å². The molecule has 0 bridgehead atoms. The number of anilines is 2. The lowest BCUT2D eigenvalue weighted by molar-refractivity contribution is -0.115. The largest absolute Gasteiger partial charge is 0.368 e. The Labute approximate surface area is 97.7 Å². The molecular formula is C12H10N4O. The van der Waals surface area contributed by atoms with E-state index in [1.165, 1.54) is 0 Å². The lowest BCUT2D eigenvalue weighted by atomic mass is 10.0. The Kier molecular flexibility index (Phi) is 2.04. The van der Waals surface area contributed by atoms with Crippen LogP contribution in [-0.2, 0) is 11.2 Å². The highest BCUT2D eigenvalue weighted by atomic mass is 16.1. The number of hydrogen-bond donors (Lipinski definition) is 2. The van der Waals surface area contributed by atoms with E-state index in [0.29, 0.717) is 6.42 Å². The van der Waals surface area contributed by atoms with Gasteiger partial charge in [0.25, 0.3) is 0 Å². The fourth-order valence-electron chi connectivity index (χ4n) is 1.90. The molecule has 1 aliphatic rings. The molecule has 0 radical (unpaired) electrons. The van der Waals surface area contributed by atoms with Crippen LogP contribution in [0.2, 0.25) is 0 Å².